The maximum absolute atomic E-state index is 11.7. The predicted molar refractivity (Wildman–Crippen MR) is 81.8 cm³/mol. The molecule has 0 bridgehead atoms. The van der Waals surface area contributed by atoms with Crippen LogP contribution in [0.5, 0.6) is 0 Å². The Balaban J connectivity index is 0.00000289. The largest absolute Gasteiger partial charge is 0.469 e. The normalized spacial score (nSPS) is 12.6. The van der Waals surface area contributed by atoms with Gasteiger partial charge in [0.15, 0.2) is 0 Å². The van der Waals surface area contributed by atoms with Crippen LogP contribution in [0, 0.1) is 5.41 Å². The van der Waals surface area contributed by atoms with Crippen LogP contribution in [-0.2, 0) is 9.53 Å². The summed E-state index contributed by atoms with van der Waals surface area (Å²) in [6.07, 6.45) is 0. The fourth-order valence-corrected chi connectivity index (χ4v) is 2.40. The van der Waals surface area contributed by atoms with Crippen molar-refractivity contribution in [2.75, 3.05) is 7.11 Å². The Morgan fingerprint density at radius 3 is 2.44 bits per heavy atom. The number of halogens is 3. The van der Waals surface area contributed by atoms with Gasteiger partial charge in [-0.1, -0.05) is 31.9 Å². The number of benzene rings is 1. The first-order valence-corrected chi connectivity index (χ1v) is 6.68. The third-order valence-corrected chi connectivity index (χ3v) is 4.00. The van der Waals surface area contributed by atoms with Crippen molar-refractivity contribution in [3.8, 4) is 0 Å². The summed E-state index contributed by atoms with van der Waals surface area (Å²) < 4.78 is 6.58. The quantitative estimate of drug-likeness (QED) is 0.783. The van der Waals surface area contributed by atoms with Crippen LogP contribution in [0.1, 0.15) is 25.5 Å². The summed E-state index contributed by atoms with van der Waals surface area (Å²) in [5.41, 5.74) is 6.26. The Labute approximate surface area is 130 Å². The minimum absolute atomic E-state index is 0. The third kappa shape index (κ3) is 3.70. The van der Waals surface area contributed by atoms with Crippen LogP contribution in [0.4, 0.5) is 0 Å². The lowest BCUT2D eigenvalue weighted by atomic mass is 9.81. The molecule has 1 aromatic carbocycles. The molecule has 0 unspecified atom stereocenters. The first-order chi connectivity index (χ1) is 7.80. The summed E-state index contributed by atoms with van der Waals surface area (Å²) in [6.45, 7) is 3.55. The zero-order valence-electron chi connectivity index (χ0n) is 10.4. The van der Waals surface area contributed by atoms with Gasteiger partial charge in [0.1, 0.15) is 0 Å². The van der Waals surface area contributed by atoms with Crippen molar-refractivity contribution in [2.45, 2.75) is 19.9 Å². The topological polar surface area (TPSA) is 52.3 Å². The molecule has 0 aliphatic carbocycles. The number of esters is 1. The van der Waals surface area contributed by atoms with Crippen LogP contribution in [0.2, 0.25) is 0 Å². The second-order valence-corrected chi connectivity index (χ2v) is 6.13. The summed E-state index contributed by atoms with van der Waals surface area (Å²) in [6, 6.07) is 5.26. The molecule has 0 radical (unpaired) electrons. The van der Waals surface area contributed by atoms with E-state index in [1.54, 1.807) is 13.8 Å². The standard InChI is InChI=1S/C12H15Br2NO2.ClH/c1-12(2,11(16)17-3)10(15)8-6-7(13)4-5-9(8)14;/h4-6,10H,15H2,1-3H3;1H/t10-;/m1./s1. The molecule has 0 aromatic heterocycles. The van der Waals surface area contributed by atoms with Crippen molar-refractivity contribution >= 4 is 50.2 Å². The molecular formula is C12H16Br2ClNO2. The molecule has 0 aliphatic rings. The van der Waals surface area contributed by atoms with E-state index in [0.29, 0.717) is 0 Å². The molecule has 0 amide bonds. The highest BCUT2D eigenvalue weighted by atomic mass is 79.9. The number of rotatable bonds is 3. The molecule has 0 heterocycles. The van der Waals surface area contributed by atoms with Crippen LogP contribution >= 0.6 is 44.3 Å². The molecule has 0 fully saturated rings. The molecule has 102 valence electrons. The lowest BCUT2D eigenvalue weighted by Crippen LogP contribution is -2.37. The van der Waals surface area contributed by atoms with Gasteiger partial charge in [0.2, 0.25) is 0 Å². The van der Waals surface area contributed by atoms with Gasteiger partial charge in [0.25, 0.3) is 0 Å². The number of carbonyl (C=O) groups excluding carboxylic acids is 1. The number of hydrogen-bond donors (Lipinski definition) is 1. The summed E-state index contributed by atoms with van der Waals surface area (Å²) >= 11 is 6.83. The average molecular weight is 402 g/mol. The number of methoxy groups -OCH3 is 1. The first-order valence-electron chi connectivity index (χ1n) is 5.09. The minimum atomic E-state index is -0.780. The van der Waals surface area contributed by atoms with E-state index >= 15 is 0 Å². The van der Waals surface area contributed by atoms with Crippen LogP contribution < -0.4 is 5.73 Å². The Morgan fingerprint density at radius 1 is 1.39 bits per heavy atom. The predicted octanol–water partition coefficient (Wildman–Crippen LogP) is 3.83. The van der Waals surface area contributed by atoms with Crippen LogP contribution in [0.15, 0.2) is 27.1 Å². The molecule has 0 aliphatic heterocycles. The van der Waals surface area contributed by atoms with E-state index < -0.39 is 11.5 Å². The van der Waals surface area contributed by atoms with Gasteiger partial charge >= 0.3 is 5.97 Å². The molecule has 1 aromatic rings. The van der Waals surface area contributed by atoms with Gasteiger partial charge in [0, 0.05) is 15.0 Å². The smallest absolute Gasteiger partial charge is 0.313 e. The zero-order valence-corrected chi connectivity index (χ0v) is 14.4. The summed E-state index contributed by atoms with van der Waals surface area (Å²) in [7, 11) is 1.37. The molecular weight excluding hydrogens is 385 g/mol. The van der Waals surface area contributed by atoms with Gasteiger partial charge in [-0.05, 0) is 37.6 Å². The molecule has 0 saturated carbocycles. The van der Waals surface area contributed by atoms with Crippen molar-refractivity contribution in [1.82, 2.24) is 0 Å². The average Bonchev–Trinajstić information content (AvgIpc) is 2.30. The molecule has 3 nitrogen and oxygen atoms in total. The fraction of sp³-hybridized carbons (Fsp3) is 0.417. The van der Waals surface area contributed by atoms with Gasteiger partial charge in [0.05, 0.1) is 12.5 Å². The van der Waals surface area contributed by atoms with Crippen molar-refractivity contribution < 1.29 is 9.53 Å². The SMILES string of the molecule is COC(=O)C(C)(C)[C@H](N)c1cc(Br)ccc1Br.Cl. The Bertz CT molecular complexity index is 438. The van der Waals surface area contributed by atoms with Crippen LogP contribution in [-0.4, -0.2) is 13.1 Å². The second kappa shape index (κ2) is 6.89. The van der Waals surface area contributed by atoms with Crippen molar-refractivity contribution in [1.29, 1.82) is 0 Å². The molecule has 2 N–H and O–H groups in total. The van der Waals surface area contributed by atoms with Crippen molar-refractivity contribution in [2.24, 2.45) is 11.1 Å². The number of carbonyl (C=O) groups is 1. The van der Waals surface area contributed by atoms with E-state index in [9.17, 15) is 4.79 Å². The molecule has 18 heavy (non-hydrogen) atoms. The lowest BCUT2D eigenvalue weighted by molar-refractivity contribution is -0.152. The highest BCUT2D eigenvalue weighted by Gasteiger charge is 2.37. The molecule has 6 heteroatoms. The maximum Gasteiger partial charge on any atom is 0.313 e. The van der Waals surface area contributed by atoms with E-state index in [-0.39, 0.29) is 18.4 Å². The van der Waals surface area contributed by atoms with Gasteiger partial charge < -0.3 is 10.5 Å². The Hall–Kier alpha value is -0.100. The Morgan fingerprint density at radius 2 is 1.94 bits per heavy atom. The molecule has 0 saturated heterocycles. The zero-order chi connectivity index (χ0) is 13.2. The fourth-order valence-electron chi connectivity index (χ4n) is 1.53. The van der Waals surface area contributed by atoms with Gasteiger partial charge in [-0.15, -0.1) is 12.4 Å². The third-order valence-electron chi connectivity index (χ3n) is 2.78. The van der Waals surface area contributed by atoms with Crippen LogP contribution in [0.3, 0.4) is 0 Å². The summed E-state index contributed by atoms with van der Waals surface area (Å²) in [5.74, 6) is -0.322. The molecule has 1 atom stereocenters. The van der Waals surface area contributed by atoms with E-state index in [1.807, 2.05) is 18.2 Å². The highest BCUT2D eigenvalue weighted by molar-refractivity contribution is 9.11. The highest BCUT2D eigenvalue weighted by Crippen LogP contribution is 2.37. The monoisotopic (exact) mass is 399 g/mol. The van der Waals surface area contributed by atoms with Crippen molar-refractivity contribution in [3.05, 3.63) is 32.7 Å². The summed E-state index contributed by atoms with van der Waals surface area (Å²) in [4.78, 5) is 11.7. The molecule has 1 rings (SSSR count). The number of ether oxygens (including phenoxy) is 1. The molecule has 0 spiro atoms. The number of hydrogen-bond acceptors (Lipinski definition) is 3. The minimum Gasteiger partial charge on any atom is -0.469 e. The Kier molecular flexibility index (Phi) is 6.85. The van der Waals surface area contributed by atoms with Gasteiger partial charge in [-0.3, -0.25) is 4.79 Å². The maximum atomic E-state index is 11.7. The number of nitrogens with two attached hydrogens (primary N) is 1. The van der Waals surface area contributed by atoms with E-state index in [4.69, 9.17) is 10.5 Å². The first kappa shape index (κ1) is 17.9. The summed E-state index contributed by atoms with van der Waals surface area (Å²) in [5, 5.41) is 0. The van der Waals surface area contributed by atoms with Gasteiger partial charge in [-0.2, -0.15) is 0 Å². The van der Waals surface area contributed by atoms with Crippen LogP contribution in [0.25, 0.3) is 0 Å². The van der Waals surface area contributed by atoms with Gasteiger partial charge in [-0.25, -0.2) is 0 Å². The van der Waals surface area contributed by atoms with E-state index in [0.717, 1.165) is 14.5 Å². The van der Waals surface area contributed by atoms with E-state index in [1.165, 1.54) is 7.11 Å². The van der Waals surface area contributed by atoms with Crippen molar-refractivity contribution in [3.63, 3.8) is 0 Å². The second-order valence-electron chi connectivity index (χ2n) is 4.36. The lowest BCUT2D eigenvalue weighted by Gasteiger charge is -2.29. The van der Waals surface area contributed by atoms with E-state index in [2.05, 4.69) is 31.9 Å².